The van der Waals surface area contributed by atoms with Crippen LogP contribution in [0.3, 0.4) is 0 Å². The van der Waals surface area contributed by atoms with Gasteiger partial charge in [0.05, 0.1) is 17.3 Å². The second-order valence-corrected chi connectivity index (χ2v) is 8.74. The predicted octanol–water partition coefficient (Wildman–Crippen LogP) is 5.83. The maximum atomic E-state index is 11.2. The van der Waals surface area contributed by atoms with Crippen LogP contribution in [0.4, 0.5) is 5.69 Å². The minimum absolute atomic E-state index is 0.205. The number of furan rings is 1. The van der Waals surface area contributed by atoms with Crippen molar-refractivity contribution in [3.05, 3.63) is 107 Å². The number of hydrogen-bond acceptors (Lipinski definition) is 4. The fourth-order valence-electron chi connectivity index (χ4n) is 4.24. The number of carboxylic acid groups (broad SMARTS) is 1. The molecule has 0 saturated carbocycles. The van der Waals surface area contributed by atoms with Gasteiger partial charge in [-0.05, 0) is 85.7 Å². The van der Waals surface area contributed by atoms with E-state index in [-0.39, 0.29) is 17.6 Å². The van der Waals surface area contributed by atoms with E-state index in [9.17, 15) is 9.90 Å². The highest BCUT2D eigenvalue weighted by Gasteiger charge is 2.42. The Morgan fingerprint density at radius 1 is 1.03 bits per heavy atom. The van der Waals surface area contributed by atoms with E-state index in [4.69, 9.17) is 16.6 Å². The zero-order valence-corrected chi connectivity index (χ0v) is 19.5. The van der Waals surface area contributed by atoms with Gasteiger partial charge in [-0.15, -0.1) is 0 Å². The van der Waals surface area contributed by atoms with Crippen LogP contribution in [-0.2, 0) is 0 Å². The fourth-order valence-corrected chi connectivity index (χ4v) is 4.59. The molecule has 0 spiro atoms. The molecule has 2 aromatic heterocycles. The highest BCUT2D eigenvalue weighted by molar-refractivity contribution is 7.80. The average Bonchev–Trinajstić information content (AvgIpc) is 3.46. The fraction of sp³-hybridized carbons (Fsp3) is 0.148. The molecule has 3 heterocycles. The molecule has 2 aromatic carbocycles. The Morgan fingerprint density at radius 2 is 1.82 bits per heavy atom. The Morgan fingerprint density at radius 3 is 2.50 bits per heavy atom. The summed E-state index contributed by atoms with van der Waals surface area (Å²) >= 11 is 5.78. The number of rotatable bonds is 5. The summed E-state index contributed by atoms with van der Waals surface area (Å²) in [5.41, 5.74) is 5.27. The lowest BCUT2D eigenvalue weighted by atomic mass is 10.0. The van der Waals surface area contributed by atoms with Crippen LogP contribution < -0.4 is 10.2 Å². The van der Waals surface area contributed by atoms with Gasteiger partial charge in [0.15, 0.2) is 5.11 Å². The van der Waals surface area contributed by atoms with E-state index in [1.807, 2.05) is 30.3 Å². The number of carboxylic acids is 1. The number of anilines is 1. The van der Waals surface area contributed by atoms with Crippen molar-refractivity contribution in [1.29, 1.82) is 0 Å². The maximum absolute atomic E-state index is 11.2. The molecular formula is C27H23N3O3S. The third-order valence-electron chi connectivity index (χ3n) is 6.20. The average molecular weight is 470 g/mol. The van der Waals surface area contributed by atoms with E-state index in [1.54, 1.807) is 30.5 Å². The Hall–Kier alpha value is -3.97. The number of thiocarbonyl (C=S) groups is 1. The molecule has 2 N–H and O–H groups in total. The first-order chi connectivity index (χ1) is 16.4. The van der Waals surface area contributed by atoms with Crippen molar-refractivity contribution >= 4 is 29.0 Å². The van der Waals surface area contributed by atoms with Crippen LogP contribution in [0.15, 0.2) is 83.4 Å². The van der Waals surface area contributed by atoms with Crippen molar-refractivity contribution in [3.8, 4) is 11.3 Å². The number of aromatic carboxylic acids is 1. The molecule has 7 heteroatoms. The second kappa shape index (κ2) is 8.76. The van der Waals surface area contributed by atoms with E-state index >= 15 is 0 Å². The van der Waals surface area contributed by atoms with Crippen LogP contribution >= 0.6 is 12.2 Å². The zero-order chi connectivity index (χ0) is 23.8. The number of benzene rings is 2. The lowest BCUT2D eigenvalue weighted by molar-refractivity contribution is 0.0697. The van der Waals surface area contributed by atoms with E-state index in [0.29, 0.717) is 10.9 Å². The summed E-state index contributed by atoms with van der Waals surface area (Å²) in [6, 6.07) is 22.2. The van der Waals surface area contributed by atoms with Crippen molar-refractivity contribution in [1.82, 2.24) is 10.3 Å². The van der Waals surface area contributed by atoms with Crippen LogP contribution in [0.1, 0.15) is 45.0 Å². The number of aromatic nitrogens is 1. The van der Waals surface area contributed by atoms with Crippen molar-refractivity contribution in [2.45, 2.75) is 25.9 Å². The van der Waals surface area contributed by atoms with Crippen molar-refractivity contribution in [2.24, 2.45) is 0 Å². The maximum Gasteiger partial charge on any atom is 0.335 e. The van der Waals surface area contributed by atoms with Gasteiger partial charge in [-0.2, -0.15) is 0 Å². The molecule has 1 aliphatic rings. The van der Waals surface area contributed by atoms with Crippen LogP contribution in [-0.4, -0.2) is 21.2 Å². The third-order valence-corrected chi connectivity index (χ3v) is 6.52. The molecule has 0 amide bonds. The Bertz CT molecular complexity index is 1370. The normalized spacial score (nSPS) is 17.6. The van der Waals surface area contributed by atoms with Gasteiger partial charge in [-0.3, -0.25) is 4.98 Å². The van der Waals surface area contributed by atoms with Crippen molar-refractivity contribution < 1.29 is 14.3 Å². The summed E-state index contributed by atoms with van der Waals surface area (Å²) in [5, 5.41) is 13.2. The topological polar surface area (TPSA) is 78.6 Å². The molecule has 34 heavy (non-hydrogen) atoms. The van der Waals surface area contributed by atoms with Gasteiger partial charge in [0, 0.05) is 17.4 Å². The van der Waals surface area contributed by atoms with Crippen LogP contribution in [0.2, 0.25) is 0 Å². The minimum atomic E-state index is -0.959. The molecule has 0 radical (unpaired) electrons. The van der Waals surface area contributed by atoms with E-state index in [2.05, 4.69) is 47.2 Å². The van der Waals surface area contributed by atoms with Gasteiger partial charge >= 0.3 is 5.97 Å². The van der Waals surface area contributed by atoms with E-state index in [0.717, 1.165) is 22.7 Å². The molecule has 5 rings (SSSR count). The van der Waals surface area contributed by atoms with Gasteiger partial charge in [0.2, 0.25) is 0 Å². The highest BCUT2D eigenvalue weighted by atomic mass is 32.1. The monoisotopic (exact) mass is 469 g/mol. The van der Waals surface area contributed by atoms with Gasteiger partial charge in [-0.1, -0.05) is 24.3 Å². The van der Waals surface area contributed by atoms with Gasteiger partial charge in [0.1, 0.15) is 17.6 Å². The number of pyridine rings is 1. The SMILES string of the molecule is Cc1ccc(N2C(=S)NC(c3ccccn3)C2c2ccc(-c3ccc(C(=O)O)cc3)o2)cc1C. The number of aryl methyl sites for hydroxylation is 2. The molecule has 170 valence electrons. The zero-order valence-electron chi connectivity index (χ0n) is 18.7. The van der Waals surface area contributed by atoms with E-state index in [1.165, 1.54) is 11.1 Å². The standard InChI is InChI=1S/C27H23N3O3S/c1-16-6-11-20(15-17(16)2)30-25(24(29-27(30)34)21-5-3-4-14-28-21)23-13-12-22(33-23)18-7-9-19(10-8-18)26(31)32/h3-15,24-25H,1-2H3,(H,29,34)(H,31,32). The minimum Gasteiger partial charge on any atom is -0.478 e. The molecule has 6 nitrogen and oxygen atoms in total. The molecule has 2 unspecified atom stereocenters. The smallest absolute Gasteiger partial charge is 0.335 e. The number of carbonyl (C=O) groups is 1. The van der Waals surface area contributed by atoms with Crippen molar-refractivity contribution in [3.63, 3.8) is 0 Å². The second-order valence-electron chi connectivity index (χ2n) is 8.35. The lowest BCUT2D eigenvalue weighted by Gasteiger charge is -2.26. The first-order valence-electron chi connectivity index (χ1n) is 10.9. The Labute approximate surface area is 202 Å². The lowest BCUT2D eigenvalue weighted by Crippen LogP contribution is -2.29. The number of nitrogens with zero attached hydrogens (tertiary/aromatic N) is 2. The highest BCUT2D eigenvalue weighted by Crippen LogP contribution is 2.43. The van der Waals surface area contributed by atoms with Gasteiger partial charge in [-0.25, -0.2) is 4.79 Å². The molecular weight excluding hydrogens is 446 g/mol. The van der Waals surface area contributed by atoms with Crippen molar-refractivity contribution in [2.75, 3.05) is 4.90 Å². The molecule has 0 aliphatic carbocycles. The summed E-state index contributed by atoms with van der Waals surface area (Å²) in [4.78, 5) is 17.8. The third kappa shape index (κ3) is 3.95. The van der Waals surface area contributed by atoms with Gasteiger partial charge < -0.3 is 19.7 Å². The molecule has 4 aromatic rings. The molecule has 1 saturated heterocycles. The molecule has 1 aliphatic heterocycles. The van der Waals surface area contributed by atoms with Crippen LogP contribution in [0.25, 0.3) is 11.3 Å². The largest absolute Gasteiger partial charge is 0.478 e. The Balaban J connectivity index is 1.57. The summed E-state index contributed by atoms with van der Waals surface area (Å²) in [6.07, 6.45) is 1.77. The first kappa shape index (κ1) is 21.9. The number of nitrogens with one attached hydrogen (secondary N) is 1. The van der Waals surface area contributed by atoms with Crippen LogP contribution in [0.5, 0.6) is 0 Å². The quantitative estimate of drug-likeness (QED) is 0.356. The molecule has 0 bridgehead atoms. The Kier molecular flexibility index (Phi) is 5.63. The van der Waals surface area contributed by atoms with Crippen LogP contribution in [0, 0.1) is 13.8 Å². The summed E-state index contributed by atoms with van der Waals surface area (Å²) in [5.74, 6) is 0.433. The molecule has 1 fully saturated rings. The number of hydrogen-bond donors (Lipinski definition) is 2. The van der Waals surface area contributed by atoms with E-state index < -0.39 is 5.97 Å². The summed E-state index contributed by atoms with van der Waals surface area (Å²) in [7, 11) is 0. The van der Waals surface area contributed by atoms with Gasteiger partial charge in [0.25, 0.3) is 0 Å². The molecule has 2 atom stereocenters. The summed E-state index contributed by atoms with van der Waals surface area (Å²) < 4.78 is 6.34. The summed E-state index contributed by atoms with van der Waals surface area (Å²) in [6.45, 7) is 4.17. The predicted molar refractivity (Wildman–Crippen MR) is 135 cm³/mol. The first-order valence-corrected chi connectivity index (χ1v) is 11.3.